The van der Waals surface area contributed by atoms with Crippen LogP contribution in [0, 0.1) is 11.3 Å². The predicted octanol–water partition coefficient (Wildman–Crippen LogP) is 4.82. The summed E-state index contributed by atoms with van der Waals surface area (Å²) in [6.07, 6.45) is 1.76. The number of nitriles is 1. The monoisotopic (exact) mass is 431 g/mol. The van der Waals surface area contributed by atoms with Crippen LogP contribution in [0.3, 0.4) is 0 Å². The van der Waals surface area contributed by atoms with Gasteiger partial charge in [0, 0.05) is 33.8 Å². The molecule has 146 valence electrons. The Morgan fingerprint density at radius 2 is 2.03 bits per heavy atom. The summed E-state index contributed by atoms with van der Waals surface area (Å²) in [5.74, 6) is 0.201. The van der Waals surface area contributed by atoms with Gasteiger partial charge in [0.15, 0.2) is 0 Å². The molecule has 3 aromatic heterocycles. The average Bonchev–Trinajstić information content (AvgIpc) is 3.37. The number of hydrogen-bond donors (Lipinski definition) is 1. The molecule has 0 atom stereocenters. The molecule has 0 unspecified atom stereocenters. The molecule has 0 fully saturated rings. The Morgan fingerprint density at radius 3 is 2.83 bits per heavy atom. The molecular formula is C22H14ClN5OS. The van der Waals surface area contributed by atoms with Crippen LogP contribution < -0.4 is 5.56 Å². The number of aryl methyl sites for hydroxylation is 1. The topological polar surface area (TPSA) is 87.4 Å². The second kappa shape index (κ2) is 7.10. The van der Waals surface area contributed by atoms with Gasteiger partial charge >= 0.3 is 0 Å². The van der Waals surface area contributed by atoms with Crippen molar-refractivity contribution in [3.8, 4) is 27.8 Å². The van der Waals surface area contributed by atoms with Crippen molar-refractivity contribution in [1.29, 1.82) is 5.26 Å². The highest BCUT2D eigenvalue weighted by molar-refractivity contribution is 7.22. The van der Waals surface area contributed by atoms with Crippen LogP contribution in [0.15, 0.2) is 53.5 Å². The molecule has 0 aliphatic carbocycles. The van der Waals surface area contributed by atoms with Crippen molar-refractivity contribution >= 4 is 43.8 Å². The summed E-state index contributed by atoms with van der Waals surface area (Å²) in [4.78, 5) is 13.2. The zero-order valence-corrected chi connectivity index (χ0v) is 17.4. The van der Waals surface area contributed by atoms with Crippen LogP contribution in [0.25, 0.3) is 42.6 Å². The zero-order valence-electron chi connectivity index (χ0n) is 15.8. The van der Waals surface area contributed by atoms with Gasteiger partial charge in [0.2, 0.25) is 0 Å². The van der Waals surface area contributed by atoms with Crippen LogP contribution in [0.4, 0.5) is 0 Å². The number of thiophene rings is 1. The van der Waals surface area contributed by atoms with Crippen molar-refractivity contribution in [2.45, 2.75) is 5.88 Å². The van der Waals surface area contributed by atoms with Crippen LogP contribution in [0.2, 0.25) is 0 Å². The standard InChI is InChI=1S/C22H14ClN5OS/c1-28-20(14-7-6-12-4-2-3-5-13(12)16(14)10-24)17(11-25-28)19-8-15-18(9-23)26-27-22(29)21(15)30-19/h2-8,11H,9H2,1H3,(H,27,29). The third kappa shape index (κ3) is 2.73. The van der Waals surface area contributed by atoms with Crippen LogP contribution in [-0.2, 0) is 12.9 Å². The van der Waals surface area contributed by atoms with E-state index in [9.17, 15) is 10.1 Å². The highest BCUT2D eigenvalue weighted by atomic mass is 35.5. The maximum absolute atomic E-state index is 12.3. The van der Waals surface area contributed by atoms with Gasteiger partial charge in [-0.2, -0.15) is 15.5 Å². The Bertz CT molecular complexity index is 1540. The molecule has 0 amide bonds. The minimum Gasteiger partial charge on any atom is -0.267 e. The molecule has 0 saturated heterocycles. The van der Waals surface area contributed by atoms with Crippen molar-refractivity contribution in [2.24, 2.45) is 7.05 Å². The Balaban J connectivity index is 1.80. The lowest BCUT2D eigenvalue weighted by Gasteiger charge is -2.10. The molecular weight excluding hydrogens is 418 g/mol. The predicted molar refractivity (Wildman–Crippen MR) is 120 cm³/mol. The number of fused-ring (bicyclic) bond motifs is 2. The second-order valence-electron chi connectivity index (χ2n) is 6.84. The average molecular weight is 432 g/mol. The van der Waals surface area contributed by atoms with Gasteiger partial charge in [-0.05, 0) is 11.5 Å². The highest BCUT2D eigenvalue weighted by Crippen LogP contribution is 2.40. The summed E-state index contributed by atoms with van der Waals surface area (Å²) >= 11 is 7.37. The van der Waals surface area contributed by atoms with Crippen molar-refractivity contribution < 1.29 is 0 Å². The number of halogens is 1. The SMILES string of the molecule is Cn1ncc(-c2cc3c(CCl)n[nH]c(=O)c3s2)c1-c1ccc2ccccc2c1C#N. The maximum atomic E-state index is 12.3. The summed E-state index contributed by atoms with van der Waals surface area (Å²) in [6, 6.07) is 16.1. The Labute approximate surface area is 180 Å². The number of nitrogens with zero attached hydrogens (tertiary/aromatic N) is 4. The Morgan fingerprint density at radius 1 is 1.20 bits per heavy atom. The number of alkyl halides is 1. The Kier molecular flexibility index (Phi) is 4.39. The fourth-order valence-corrected chi connectivity index (χ4v) is 5.05. The number of rotatable bonds is 3. The first-order valence-electron chi connectivity index (χ1n) is 9.14. The summed E-state index contributed by atoms with van der Waals surface area (Å²) < 4.78 is 2.33. The van der Waals surface area contributed by atoms with Crippen LogP contribution in [-0.4, -0.2) is 20.0 Å². The molecule has 0 spiro atoms. The normalized spacial score (nSPS) is 11.2. The summed E-state index contributed by atoms with van der Waals surface area (Å²) in [6.45, 7) is 0. The van der Waals surface area contributed by atoms with E-state index in [0.717, 1.165) is 37.9 Å². The zero-order chi connectivity index (χ0) is 20.8. The van der Waals surface area contributed by atoms with Crippen LogP contribution in [0.1, 0.15) is 11.3 Å². The second-order valence-corrected chi connectivity index (χ2v) is 8.16. The van der Waals surface area contributed by atoms with E-state index in [2.05, 4.69) is 21.4 Å². The maximum Gasteiger partial charge on any atom is 0.282 e. The lowest BCUT2D eigenvalue weighted by molar-refractivity contribution is 0.776. The van der Waals surface area contributed by atoms with E-state index in [1.807, 2.05) is 49.5 Å². The molecule has 0 saturated carbocycles. The molecule has 5 aromatic rings. The molecule has 1 N–H and O–H groups in total. The molecule has 6 nitrogen and oxygen atoms in total. The molecule has 30 heavy (non-hydrogen) atoms. The number of nitrogens with one attached hydrogen (secondary N) is 1. The number of H-pyrrole nitrogens is 1. The van der Waals surface area contributed by atoms with Crippen molar-refractivity contribution in [2.75, 3.05) is 0 Å². The van der Waals surface area contributed by atoms with Gasteiger partial charge in [0.25, 0.3) is 5.56 Å². The van der Waals surface area contributed by atoms with Gasteiger partial charge in [-0.1, -0.05) is 36.4 Å². The molecule has 8 heteroatoms. The van der Waals surface area contributed by atoms with Gasteiger partial charge in [0.05, 0.1) is 29.0 Å². The molecule has 0 bridgehead atoms. The fourth-order valence-electron chi connectivity index (χ4n) is 3.76. The highest BCUT2D eigenvalue weighted by Gasteiger charge is 2.20. The van der Waals surface area contributed by atoms with Gasteiger partial charge in [-0.25, -0.2) is 5.10 Å². The van der Waals surface area contributed by atoms with E-state index in [1.165, 1.54) is 11.3 Å². The van der Waals surface area contributed by atoms with Crippen molar-refractivity contribution in [1.82, 2.24) is 20.0 Å². The summed E-state index contributed by atoms with van der Waals surface area (Å²) in [7, 11) is 1.85. The summed E-state index contributed by atoms with van der Waals surface area (Å²) in [5, 5.41) is 23.6. The first-order chi connectivity index (χ1) is 14.6. The molecule has 0 radical (unpaired) electrons. The molecule has 3 heterocycles. The third-order valence-corrected chi connectivity index (χ3v) is 6.59. The van der Waals surface area contributed by atoms with E-state index >= 15 is 0 Å². The van der Waals surface area contributed by atoms with Crippen LogP contribution in [0.5, 0.6) is 0 Å². The van der Waals surface area contributed by atoms with Gasteiger partial charge in [-0.3, -0.25) is 9.48 Å². The number of hydrogen-bond acceptors (Lipinski definition) is 5. The quantitative estimate of drug-likeness (QED) is 0.415. The van der Waals surface area contributed by atoms with Crippen molar-refractivity contribution in [3.63, 3.8) is 0 Å². The minimum absolute atomic E-state index is 0.201. The van der Waals surface area contributed by atoms with E-state index in [0.29, 0.717) is 16.0 Å². The first-order valence-corrected chi connectivity index (χ1v) is 10.5. The van der Waals surface area contributed by atoms with E-state index in [1.54, 1.807) is 10.9 Å². The fraction of sp³-hybridized carbons (Fsp3) is 0.0909. The van der Waals surface area contributed by atoms with Gasteiger partial charge in [0.1, 0.15) is 10.8 Å². The summed E-state index contributed by atoms with van der Waals surface area (Å²) in [5.41, 5.74) is 3.45. The number of aromatic amines is 1. The largest absolute Gasteiger partial charge is 0.282 e. The van der Waals surface area contributed by atoms with Crippen LogP contribution >= 0.6 is 22.9 Å². The number of benzene rings is 2. The minimum atomic E-state index is -0.246. The lowest BCUT2D eigenvalue weighted by atomic mass is 9.96. The van der Waals surface area contributed by atoms with Gasteiger partial charge < -0.3 is 0 Å². The van der Waals surface area contributed by atoms with E-state index in [4.69, 9.17) is 11.6 Å². The molecule has 0 aliphatic heterocycles. The van der Waals surface area contributed by atoms with Crippen molar-refractivity contribution in [3.05, 3.63) is 70.3 Å². The Hall–Kier alpha value is -3.47. The first kappa shape index (κ1) is 18.6. The smallest absolute Gasteiger partial charge is 0.267 e. The third-order valence-electron chi connectivity index (χ3n) is 5.17. The number of aromatic nitrogens is 4. The lowest BCUT2D eigenvalue weighted by Crippen LogP contribution is -2.08. The molecule has 0 aliphatic rings. The van der Waals surface area contributed by atoms with Gasteiger partial charge in [-0.15, -0.1) is 22.9 Å². The van der Waals surface area contributed by atoms with E-state index in [-0.39, 0.29) is 11.4 Å². The molecule has 2 aromatic carbocycles. The van der Waals surface area contributed by atoms with E-state index < -0.39 is 0 Å². The molecule has 5 rings (SSSR count).